The van der Waals surface area contributed by atoms with Crippen LogP contribution in [0.2, 0.25) is 0 Å². The van der Waals surface area contributed by atoms with Crippen LogP contribution in [0.3, 0.4) is 0 Å². The van der Waals surface area contributed by atoms with Crippen LogP contribution in [0.25, 0.3) is 0 Å². The quantitative estimate of drug-likeness (QED) is 0.812. The summed E-state index contributed by atoms with van der Waals surface area (Å²) in [6.45, 7) is 0.638. The highest BCUT2D eigenvalue weighted by Gasteiger charge is 2.45. The highest BCUT2D eigenvalue weighted by molar-refractivity contribution is 7.56. The molecule has 5 nitrogen and oxygen atoms in total. The molecule has 0 saturated heterocycles. The molecule has 0 saturated carbocycles. The third kappa shape index (κ3) is 3.26. The van der Waals surface area contributed by atoms with E-state index in [1.165, 1.54) is 5.56 Å². The van der Waals surface area contributed by atoms with Gasteiger partial charge in [-0.3, -0.25) is 4.57 Å². The fraction of sp³-hybridized carbons (Fsp3) is 0.400. The van der Waals surface area contributed by atoms with E-state index in [0.717, 1.165) is 17.5 Å². The number of nitrogens with zero attached hydrogens (tertiary/aromatic N) is 3. The molecule has 2 unspecified atom stereocenters. The highest BCUT2D eigenvalue weighted by Crippen LogP contribution is 2.60. The lowest BCUT2D eigenvalue weighted by Gasteiger charge is -2.47. The predicted octanol–water partition coefficient (Wildman–Crippen LogP) is 3.55. The zero-order valence-electron chi connectivity index (χ0n) is 15.9. The summed E-state index contributed by atoms with van der Waals surface area (Å²) < 4.78 is 19.6. The normalized spacial score (nSPS) is 19.6. The summed E-state index contributed by atoms with van der Waals surface area (Å²) in [5.74, 6) is 0. The summed E-state index contributed by atoms with van der Waals surface area (Å²) in [7, 11) is 4.38. The second-order valence-corrected chi connectivity index (χ2v) is 10.3. The van der Waals surface area contributed by atoms with Gasteiger partial charge in [-0.2, -0.15) is 0 Å². The number of aliphatic hydroxyl groups is 1. The van der Waals surface area contributed by atoms with Crippen molar-refractivity contribution in [3.05, 3.63) is 71.3 Å². The minimum atomic E-state index is -2.98. The first-order valence-corrected chi connectivity index (χ1v) is 10.5. The topological polar surface area (TPSA) is 47.0 Å². The molecule has 3 rings (SSSR count). The van der Waals surface area contributed by atoms with Crippen molar-refractivity contribution in [3.63, 3.8) is 0 Å². The van der Waals surface area contributed by atoms with Crippen LogP contribution in [0.15, 0.2) is 54.6 Å². The molecule has 2 aromatic carbocycles. The van der Waals surface area contributed by atoms with Gasteiger partial charge < -0.3 is 5.11 Å². The molecule has 1 aliphatic rings. The smallest absolute Gasteiger partial charge is 0.286 e. The second kappa shape index (κ2) is 7.63. The number of aliphatic hydroxyl groups excluding tert-OH is 1. The van der Waals surface area contributed by atoms with E-state index in [4.69, 9.17) is 0 Å². The fourth-order valence-electron chi connectivity index (χ4n) is 3.86. The van der Waals surface area contributed by atoms with Crippen LogP contribution in [-0.2, 0) is 11.0 Å². The Kier molecular flexibility index (Phi) is 5.66. The summed E-state index contributed by atoms with van der Waals surface area (Å²) in [6, 6.07) is 17.4. The van der Waals surface area contributed by atoms with E-state index in [2.05, 4.69) is 6.07 Å². The molecule has 1 aliphatic heterocycles. The minimum Gasteiger partial charge on any atom is -0.386 e. The van der Waals surface area contributed by atoms with Crippen LogP contribution in [0.4, 0.5) is 0 Å². The van der Waals surface area contributed by atoms with Crippen molar-refractivity contribution in [2.24, 2.45) is 0 Å². The Bertz CT molecular complexity index is 783. The fourth-order valence-corrected chi connectivity index (χ4v) is 6.43. The first-order chi connectivity index (χ1) is 12.4. The first kappa shape index (κ1) is 19.3. The Labute approximate surface area is 156 Å². The first-order valence-electron chi connectivity index (χ1n) is 8.91. The van der Waals surface area contributed by atoms with Crippen LogP contribution < -0.4 is 0 Å². The van der Waals surface area contributed by atoms with E-state index >= 15 is 0 Å². The molecule has 0 aromatic heterocycles. The van der Waals surface area contributed by atoms with Crippen molar-refractivity contribution in [2.75, 3.05) is 34.7 Å². The van der Waals surface area contributed by atoms with Crippen LogP contribution in [0.5, 0.6) is 0 Å². The molecule has 0 amide bonds. The second-order valence-electron chi connectivity index (χ2n) is 7.12. The zero-order chi connectivity index (χ0) is 18.9. The van der Waals surface area contributed by atoms with Crippen LogP contribution in [0.1, 0.15) is 28.8 Å². The van der Waals surface area contributed by atoms with Crippen LogP contribution in [-0.4, -0.2) is 53.9 Å². The number of fused-ring (bicyclic) bond motifs is 1. The van der Waals surface area contributed by atoms with Gasteiger partial charge in [0.15, 0.2) is 0 Å². The van der Waals surface area contributed by atoms with Crippen LogP contribution >= 0.6 is 7.59 Å². The van der Waals surface area contributed by atoms with Crippen molar-refractivity contribution in [1.82, 2.24) is 14.0 Å². The van der Waals surface area contributed by atoms with E-state index in [0.29, 0.717) is 6.54 Å². The van der Waals surface area contributed by atoms with E-state index in [1.54, 1.807) is 9.34 Å². The number of benzene rings is 2. The van der Waals surface area contributed by atoms with Crippen molar-refractivity contribution < 1.29 is 9.67 Å². The Morgan fingerprint density at radius 1 is 1.00 bits per heavy atom. The number of hydrogen-bond acceptors (Lipinski definition) is 2. The zero-order valence-corrected chi connectivity index (χ0v) is 16.8. The SMILES string of the molecule is CN(C)P(=O)(N(C)C)N1CCc2ccccc2C1C(O)c1ccccc1. The summed E-state index contributed by atoms with van der Waals surface area (Å²) >= 11 is 0. The molecule has 1 N–H and O–H groups in total. The van der Waals surface area contributed by atoms with Gasteiger partial charge in [0.2, 0.25) is 0 Å². The molecule has 0 aliphatic carbocycles. The molecule has 26 heavy (non-hydrogen) atoms. The average Bonchev–Trinajstić information content (AvgIpc) is 2.66. The maximum absolute atomic E-state index is 14.0. The molecular formula is C20H28N3O2P. The summed E-state index contributed by atoms with van der Waals surface area (Å²) in [6.07, 6.45) is 0.0608. The lowest BCUT2D eigenvalue weighted by atomic mass is 9.88. The minimum absolute atomic E-state index is 0.363. The standard InChI is InChI=1S/C20H28N3O2P/c1-21(2)26(25,22(3)4)23-15-14-16-10-8-9-13-18(16)19(23)20(24)17-11-6-5-7-12-17/h5-13,19-20,24H,14-15H2,1-4H3. The van der Waals surface area contributed by atoms with Gasteiger partial charge in [-0.05, 0) is 51.3 Å². The predicted molar refractivity (Wildman–Crippen MR) is 106 cm³/mol. The lowest BCUT2D eigenvalue weighted by Crippen LogP contribution is -2.43. The van der Waals surface area contributed by atoms with Gasteiger partial charge in [-0.15, -0.1) is 0 Å². The number of rotatable bonds is 5. The molecule has 0 bridgehead atoms. The van der Waals surface area contributed by atoms with E-state index in [-0.39, 0.29) is 6.04 Å². The molecule has 140 valence electrons. The third-order valence-electron chi connectivity index (χ3n) is 5.12. The maximum atomic E-state index is 14.0. The van der Waals surface area contributed by atoms with Crippen molar-refractivity contribution in [1.29, 1.82) is 0 Å². The molecular weight excluding hydrogens is 345 g/mol. The number of hydrogen-bond donors (Lipinski definition) is 1. The molecule has 0 spiro atoms. The Morgan fingerprint density at radius 3 is 2.19 bits per heavy atom. The summed E-state index contributed by atoms with van der Waals surface area (Å²) in [5, 5.41) is 11.3. The van der Waals surface area contributed by atoms with Crippen LogP contribution in [0, 0.1) is 0 Å². The van der Waals surface area contributed by atoms with Gasteiger partial charge in [-0.1, -0.05) is 54.6 Å². The van der Waals surface area contributed by atoms with Gasteiger partial charge in [-0.25, -0.2) is 14.0 Å². The average molecular weight is 373 g/mol. The van der Waals surface area contributed by atoms with Crippen molar-refractivity contribution in [3.8, 4) is 0 Å². The van der Waals surface area contributed by atoms with E-state index in [1.807, 2.05) is 81.4 Å². The molecule has 0 radical (unpaired) electrons. The van der Waals surface area contributed by atoms with E-state index < -0.39 is 13.7 Å². The van der Waals surface area contributed by atoms with Crippen molar-refractivity contribution >= 4 is 7.59 Å². The Hall–Kier alpha value is -1.49. The maximum Gasteiger partial charge on any atom is 0.286 e. The highest BCUT2D eigenvalue weighted by atomic mass is 31.2. The van der Waals surface area contributed by atoms with Crippen molar-refractivity contribution in [2.45, 2.75) is 18.6 Å². The summed E-state index contributed by atoms with van der Waals surface area (Å²) in [5.41, 5.74) is 3.11. The van der Waals surface area contributed by atoms with Gasteiger partial charge in [0.05, 0.1) is 12.1 Å². The van der Waals surface area contributed by atoms with Gasteiger partial charge in [0, 0.05) is 6.54 Å². The molecule has 6 heteroatoms. The third-order valence-corrected chi connectivity index (χ3v) is 8.32. The molecule has 2 aromatic rings. The largest absolute Gasteiger partial charge is 0.386 e. The van der Waals surface area contributed by atoms with E-state index in [9.17, 15) is 9.67 Å². The van der Waals surface area contributed by atoms with Gasteiger partial charge in [0.1, 0.15) is 0 Å². The Morgan fingerprint density at radius 2 is 1.58 bits per heavy atom. The lowest BCUT2D eigenvalue weighted by molar-refractivity contribution is 0.0759. The van der Waals surface area contributed by atoms with Gasteiger partial charge >= 0.3 is 0 Å². The molecule has 1 heterocycles. The molecule has 2 atom stereocenters. The van der Waals surface area contributed by atoms with Gasteiger partial charge in [0.25, 0.3) is 7.59 Å². The Balaban J connectivity index is 2.14. The summed E-state index contributed by atoms with van der Waals surface area (Å²) in [4.78, 5) is 0. The molecule has 0 fully saturated rings. The monoisotopic (exact) mass is 373 g/mol.